The number of aromatic nitrogens is 3. The van der Waals surface area contributed by atoms with Gasteiger partial charge in [0.1, 0.15) is 5.75 Å². The van der Waals surface area contributed by atoms with Gasteiger partial charge in [-0.05, 0) is 43.7 Å². The summed E-state index contributed by atoms with van der Waals surface area (Å²) in [4.78, 5) is 12.8. The van der Waals surface area contributed by atoms with E-state index in [4.69, 9.17) is 19.8 Å². The fourth-order valence-corrected chi connectivity index (χ4v) is 4.26. The molecule has 0 bridgehead atoms. The molecule has 4 rings (SSSR count). The molecule has 1 aromatic carbocycles. The van der Waals surface area contributed by atoms with Crippen LogP contribution in [0.5, 0.6) is 11.6 Å². The number of methoxy groups -OCH3 is 2. The second-order valence-electron chi connectivity index (χ2n) is 7.98. The minimum absolute atomic E-state index is 0.0244. The Bertz CT molecular complexity index is 1180. The van der Waals surface area contributed by atoms with E-state index in [-0.39, 0.29) is 11.6 Å². The number of amides is 1. The lowest BCUT2D eigenvalue weighted by Crippen LogP contribution is -2.40. The fraction of sp³-hybridized carbons (Fsp3) is 0.391. The van der Waals surface area contributed by atoms with Gasteiger partial charge in [-0.15, -0.1) is 0 Å². The number of hydrogen-bond acceptors (Lipinski definition) is 6. The van der Waals surface area contributed by atoms with Gasteiger partial charge in [-0.25, -0.2) is 0 Å². The van der Waals surface area contributed by atoms with Crippen LogP contribution < -0.4 is 19.5 Å². The van der Waals surface area contributed by atoms with Crippen molar-refractivity contribution in [2.75, 3.05) is 19.5 Å². The number of rotatable bonds is 6. The Hall–Kier alpha value is -3.80. The van der Waals surface area contributed by atoms with Crippen molar-refractivity contribution in [3.8, 4) is 17.7 Å². The molecular formula is C23H26N5O4+. The standard InChI is InChI=1S/C23H25N5O4/c1-31-21-13-18-16(14-27(26-18)17-8-6-15(7-9-17)10-11-24)12-19(21)25-23(29)20-4-3-5-22(32-2)28(20)30/h3-5,12-15,17H,6-10H2,1-2H3,(H-,25,29,30)/p+1. The summed E-state index contributed by atoms with van der Waals surface area (Å²) in [5.74, 6) is 0.591. The molecule has 2 aromatic heterocycles. The molecule has 0 atom stereocenters. The van der Waals surface area contributed by atoms with Crippen LogP contribution in [0, 0.1) is 17.2 Å². The summed E-state index contributed by atoms with van der Waals surface area (Å²) in [7, 11) is 2.94. The molecule has 0 radical (unpaired) electrons. The largest absolute Gasteiger partial charge is 0.494 e. The number of hydrogen-bond donors (Lipinski definition) is 2. The van der Waals surface area contributed by atoms with Crippen molar-refractivity contribution in [1.82, 2.24) is 9.78 Å². The summed E-state index contributed by atoms with van der Waals surface area (Å²) in [6.45, 7) is 0. The van der Waals surface area contributed by atoms with Crippen molar-refractivity contribution in [2.24, 2.45) is 5.92 Å². The molecule has 166 valence electrons. The third-order valence-electron chi connectivity index (χ3n) is 6.03. The minimum Gasteiger partial charge on any atom is -0.494 e. The summed E-state index contributed by atoms with van der Waals surface area (Å²) in [5.41, 5.74) is 1.28. The molecule has 0 unspecified atom stereocenters. The normalized spacial score (nSPS) is 18.2. The first kappa shape index (κ1) is 21.4. The van der Waals surface area contributed by atoms with Gasteiger partial charge in [0.2, 0.25) is 0 Å². The third kappa shape index (κ3) is 4.17. The van der Waals surface area contributed by atoms with Gasteiger partial charge in [0.25, 0.3) is 0 Å². The molecule has 1 amide bonds. The molecule has 1 fully saturated rings. The Balaban J connectivity index is 1.58. The number of pyridine rings is 1. The van der Waals surface area contributed by atoms with E-state index in [1.54, 1.807) is 18.2 Å². The maximum Gasteiger partial charge on any atom is 0.417 e. The smallest absolute Gasteiger partial charge is 0.417 e. The number of nitriles is 1. The first-order chi connectivity index (χ1) is 15.5. The van der Waals surface area contributed by atoms with Gasteiger partial charge in [-0.1, -0.05) is 0 Å². The van der Waals surface area contributed by atoms with Gasteiger partial charge in [-0.2, -0.15) is 10.4 Å². The highest BCUT2D eigenvalue weighted by Gasteiger charge is 2.26. The Morgan fingerprint density at radius 3 is 2.75 bits per heavy atom. The third-order valence-corrected chi connectivity index (χ3v) is 6.03. The van der Waals surface area contributed by atoms with Gasteiger partial charge in [-0.3, -0.25) is 14.7 Å². The molecule has 9 heteroatoms. The molecular weight excluding hydrogens is 410 g/mol. The lowest BCUT2D eigenvalue weighted by Gasteiger charge is -2.27. The maximum atomic E-state index is 12.8. The monoisotopic (exact) mass is 436 g/mol. The zero-order valence-corrected chi connectivity index (χ0v) is 18.1. The summed E-state index contributed by atoms with van der Waals surface area (Å²) >= 11 is 0. The molecule has 2 heterocycles. The number of carbonyl (C=O) groups excluding carboxylic acids is 1. The van der Waals surface area contributed by atoms with Crippen LogP contribution in [0.15, 0.2) is 36.5 Å². The predicted octanol–water partition coefficient (Wildman–Crippen LogP) is 3.48. The fourth-order valence-electron chi connectivity index (χ4n) is 4.26. The topological polar surface area (TPSA) is 113 Å². The molecule has 1 saturated carbocycles. The van der Waals surface area contributed by atoms with E-state index in [2.05, 4.69) is 11.4 Å². The number of nitrogens with zero attached hydrogens (tertiary/aromatic N) is 4. The van der Waals surface area contributed by atoms with Crippen molar-refractivity contribution in [2.45, 2.75) is 38.1 Å². The highest BCUT2D eigenvalue weighted by molar-refractivity contribution is 6.04. The predicted molar refractivity (Wildman–Crippen MR) is 116 cm³/mol. The van der Waals surface area contributed by atoms with Gasteiger partial charge < -0.3 is 14.8 Å². The molecule has 3 aromatic rings. The van der Waals surface area contributed by atoms with Gasteiger partial charge >= 0.3 is 17.5 Å². The highest BCUT2D eigenvalue weighted by Crippen LogP contribution is 2.35. The zero-order chi connectivity index (χ0) is 22.7. The summed E-state index contributed by atoms with van der Waals surface area (Å²) in [5, 5.41) is 27.5. The summed E-state index contributed by atoms with van der Waals surface area (Å²) in [6, 6.07) is 10.8. The number of benzene rings is 1. The van der Waals surface area contributed by atoms with Crippen molar-refractivity contribution < 1.29 is 24.2 Å². The van der Waals surface area contributed by atoms with Crippen LogP contribution >= 0.6 is 0 Å². The second-order valence-corrected chi connectivity index (χ2v) is 7.98. The van der Waals surface area contributed by atoms with Crippen LogP contribution in [-0.4, -0.2) is 35.1 Å². The zero-order valence-electron chi connectivity index (χ0n) is 18.1. The minimum atomic E-state index is -0.507. The first-order valence-electron chi connectivity index (χ1n) is 10.6. The van der Waals surface area contributed by atoms with Crippen LogP contribution in [0.2, 0.25) is 0 Å². The molecule has 1 aliphatic carbocycles. The molecule has 0 aliphatic heterocycles. The molecule has 9 nitrogen and oxygen atoms in total. The average Bonchev–Trinajstić information content (AvgIpc) is 3.22. The van der Waals surface area contributed by atoms with E-state index in [1.807, 2.05) is 16.9 Å². The SMILES string of the molecule is COc1cc2nn(C3CCC(CC#N)CC3)cc2cc1NC(=O)c1cccc(OC)[n+]1O. The number of anilines is 1. The van der Waals surface area contributed by atoms with Gasteiger partial charge in [0.05, 0.1) is 48.3 Å². The summed E-state index contributed by atoms with van der Waals surface area (Å²) in [6.07, 6.45) is 6.65. The van der Waals surface area contributed by atoms with Crippen molar-refractivity contribution in [3.05, 3.63) is 42.2 Å². The molecule has 1 aliphatic rings. The van der Waals surface area contributed by atoms with E-state index in [1.165, 1.54) is 20.3 Å². The van der Waals surface area contributed by atoms with E-state index >= 15 is 0 Å². The number of ether oxygens (including phenoxy) is 2. The average molecular weight is 436 g/mol. The van der Waals surface area contributed by atoms with Crippen LogP contribution in [0.4, 0.5) is 5.69 Å². The van der Waals surface area contributed by atoms with Gasteiger partial charge in [0.15, 0.2) is 0 Å². The van der Waals surface area contributed by atoms with Crippen molar-refractivity contribution >= 4 is 22.5 Å². The molecule has 0 saturated heterocycles. The quantitative estimate of drug-likeness (QED) is 0.452. The lowest BCUT2D eigenvalue weighted by atomic mass is 9.84. The van der Waals surface area contributed by atoms with E-state index < -0.39 is 5.91 Å². The second kappa shape index (κ2) is 9.14. The Kier molecular flexibility index (Phi) is 6.12. The number of nitrogens with one attached hydrogen (secondary N) is 1. The van der Waals surface area contributed by atoms with Crippen LogP contribution in [0.3, 0.4) is 0 Å². The lowest BCUT2D eigenvalue weighted by molar-refractivity contribution is -0.907. The van der Waals surface area contributed by atoms with Crippen LogP contribution in [0.25, 0.3) is 10.9 Å². The Morgan fingerprint density at radius 1 is 1.28 bits per heavy atom. The first-order valence-corrected chi connectivity index (χ1v) is 10.6. The van der Waals surface area contributed by atoms with E-state index in [9.17, 15) is 10.0 Å². The Morgan fingerprint density at radius 2 is 2.06 bits per heavy atom. The Labute approximate surface area is 185 Å². The van der Waals surface area contributed by atoms with Crippen molar-refractivity contribution in [1.29, 1.82) is 5.26 Å². The highest BCUT2D eigenvalue weighted by atomic mass is 16.5. The molecule has 32 heavy (non-hydrogen) atoms. The summed E-state index contributed by atoms with van der Waals surface area (Å²) < 4.78 is 13.2. The van der Waals surface area contributed by atoms with E-state index in [0.717, 1.165) is 36.6 Å². The van der Waals surface area contributed by atoms with Crippen LogP contribution in [-0.2, 0) is 0 Å². The molecule has 2 N–H and O–H groups in total. The van der Waals surface area contributed by atoms with Crippen molar-refractivity contribution in [3.63, 3.8) is 0 Å². The number of carbonyl (C=O) groups is 1. The molecule has 0 spiro atoms. The van der Waals surface area contributed by atoms with E-state index in [0.29, 0.717) is 34.5 Å². The maximum absolute atomic E-state index is 12.8. The van der Waals surface area contributed by atoms with Crippen LogP contribution in [0.1, 0.15) is 48.6 Å². The van der Waals surface area contributed by atoms with Gasteiger partial charge in [0, 0.05) is 30.1 Å². The number of fused-ring (bicyclic) bond motifs is 1.